The molecule has 0 saturated heterocycles. The largest absolute Gasteiger partial charge is 0.497 e. The third-order valence-electron chi connectivity index (χ3n) is 3.98. The number of carbonyl (C=O) groups is 2. The Balaban J connectivity index is 0.000000436. The average Bonchev–Trinajstić information content (AvgIpc) is 2.80. The van der Waals surface area contributed by atoms with Gasteiger partial charge >= 0.3 is 5.97 Å². The number of hydrogen-bond donors (Lipinski definition) is 1. The molecule has 0 fully saturated rings. The lowest BCUT2D eigenvalue weighted by Gasteiger charge is -1.96. The van der Waals surface area contributed by atoms with Crippen LogP contribution in [0.1, 0.15) is 54.3 Å². The van der Waals surface area contributed by atoms with E-state index >= 15 is 0 Å². The molecule has 168 valence electrons. The number of esters is 1. The normalized spacial score (nSPS) is 9.81. The summed E-state index contributed by atoms with van der Waals surface area (Å²) in [5.41, 5.74) is 3.89. The van der Waals surface area contributed by atoms with Gasteiger partial charge in [-0.1, -0.05) is 41.5 Å². The highest BCUT2D eigenvalue weighted by molar-refractivity contribution is 5.89. The van der Waals surface area contributed by atoms with Crippen molar-refractivity contribution in [3.63, 3.8) is 0 Å². The summed E-state index contributed by atoms with van der Waals surface area (Å²) in [5, 5.41) is 8.55. The number of ether oxygens (including phenoxy) is 2. The molecule has 0 aliphatic heterocycles. The van der Waals surface area contributed by atoms with E-state index in [1.165, 1.54) is 18.3 Å². The number of carbonyl (C=O) groups excluding carboxylic acids is 2. The molecule has 2 aromatic rings. The third kappa shape index (κ3) is 14.4. The van der Waals surface area contributed by atoms with E-state index in [-0.39, 0.29) is 12.6 Å². The Bertz CT molecular complexity index is 801. The van der Waals surface area contributed by atoms with Crippen molar-refractivity contribution in [1.29, 1.82) is 0 Å². The first-order valence-corrected chi connectivity index (χ1v) is 10.00. The van der Waals surface area contributed by atoms with Crippen molar-refractivity contribution in [2.45, 2.75) is 33.6 Å². The molecule has 2 aromatic carbocycles. The van der Waals surface area contributed by atoms with Crippen LogP contribution in [-0.2, 0) is 4.74 Å². The van der Waals surface area contributed by atoms with Gasteiger partial charge in [0.15, 0.2) is 0 Å². The van der Waals surface area contributed by atoms with Crippen LogP contribution in [0.25, 0.3) is 0 Å². The van der Waals surface area contributed by atoms with Crippen LogP contribution in [0.4, 0.5) is 0 Å². The minimum Gasteiger partial charge on any atom is -0.497 e. The average molecular weight is 427 g/mol. The minimum absolute atomic E-state index is 0.167. The lowest BCUT2D eigenvalue weighted by molar-refractivity contribution is 0.0600. The summed E-state index contributed by atoms with van der Waals surface area (Å²) in [6.45, 7) is 6.42. The highest BCUT2D eigenvalue weighted by Crippen LogP contribution is 2.09. The van der Waals surface area contributed by atoms with Gasteiger partial charge in [0.1, 0.15) is 12.0 Å². The maximum atomic E-state index is 10.8. The van der Waals surface area contributed by atoms with E-state index in [0.29, 0.717) is 11.1 Å². The SMILES string of the molecule is CC(C)=CCC/C(C)=C\CO.COC(=O)c1ccccc1.COc1ccc(C=O)cc1. The summed E-state index contributed by atoms with van der Waals surface area (Å²) < 4.78 is 9.40. The highest BCUT2D eigenvalue weighted by Gasteiger charge is 2.00. The Morgan fingerprint density at radius 2 is 1.55 bits per heavy atom. The van der Waals surface area contributed by atoms with E-state index < -0.39 is 0 Å². The van der Waals surface area contributed by atoms with Gasteiger partial charge in [-0.2, -0.15) is 0 Å². The smallest absolute Gasteiger partial charge is 0.337 e. The number of aliphatic hydroxyl groups is 1. The molecule has 0 unspecified atom stereocenters. The second-order valence-corrected chi connectivity index (χ2v) is 6.80. The number of aldehydes is 1. The Morgan fingerprint density at radius 1 is 0.935 bits per heavy atom. The van der Waals surface area contributed by atoms with Gasteiger partial charge in [-0.3, -0.25) is 4.79 Å². The molecule has 1 N–H and O–H groups in total. The maximum Gasteiger partial charge on any atom is 0.337 e. The molecule has 0 saturated carbocycles. The lowest BCUT2D eigenvalue weighted by Crippen LogP contribution is -1.99. The van der Waals surface area contributed by atoms with Crippen LogP contribution in [0.3, 0.4) is 0 Å². The maximum absolute atomic E-state index is 10.8. The number of aliphatic hydroxyl groups excluding tert-OH is 1. The summed E-state index contributed by atoms with van der Waals surface area (Å²) in [7, 11) is 2.96. The topological polar surface area (TPSA) is 72.8 Å². The molecule has 0 heterocycles. The van der Waals surface area contributed by atoms with Gasteiger partial charge in [0.05, 0.1) is 26.4 Å². The molecule has 0 aromatic heterocycles. The van der Waals surface area contributed by atoms with Crippen molar-refractivity contribution >= 4 is 12.3 Å². The Morgan fingerprint density at radius 3 is 2.00 bits per heavy atom. The Kier molecular flexibility index (Phi) is 15.8. The van der Waals surface area contributed by atoms with Crippen LogP contribution < -0.4 is 4.74 Å². The molecule has 31 heavy (non-hydrogen) atoms. The highest BCUT2D eigenvalue weighted by atomic mass is 16.5. The van der Waals surface area contributed by atoms with Crippen LogP contribution >= 0.6 is 0 Å². The van der Waals surface area contributed by atoms with Gasteiger partial charge in [-0.05, 0) is 70.0 Å². The molecule has 5 heteroatoms. The van der Waals surface area contributed by atoms with Crippen molar-refractivity contribution in [2.24, 2.45) is 0 Å². The fraction of sp³-hybridized carbons (Fsp3) is 0.308. The van der Waals surface area contributed by atoms with Crippen LogP contribution in [-0.4, -0.2) is 38.2 Å². The molecule has 0 aliphatic rings. The summed E-state index contributed by atoms with van der Waals surface area (Å²) in [5.74, 6) is 0.478. The molecular weight excluding hydrogens is 392 g/mol. The fourth-order valence-electron chi connectivity index (χ4n) is 2.22. The number of rotatable bonds is 7. The molecular formula is C26H34O5. The van der Waals surface area contributed by atoms with E-state index in [0.717, 1.165) is 24.9 Å². The molecule has 0 atom stereocenters. The van der Waals surface area contributed by atoms with Gasteiger partial charge in [-0.15, -0.1) is 0 Å². The molecule has 0 radical (unpaired) electrons. The Hall–Kier alpha value is -3.18. The van der Waals surface area contributed by atoms with E-state index in [4.69, 9.17) is 9.84 Å². The molecule has 2 rings (SSSR count). The van der Waals surface area contributed by atoms with Crippen molar-refractivity contribution in [3.8, 4) is 5.75 Å². The minimum atomic E-state index is -0.291. The summed E-state index contributed by atoms with van der Waals surface area (Å²) in [4.78, 5) is 21.0. The number of hydrogen-bond acceptors (Lipinski definition) is 5. The van der Waals surface area contributed by atoms with Gasteiger partial charge in [-0.25, -0.2) is 4.79 Å². The molecule has 0 bridgehead atoms. The van der Waals surface area contributed by atoms with E-state index in [9.17, 15) is 9.59 Å². The number of allylic oxidation sites excluding steroid dienone is 3. The fourth-order valence-corrected chi connectivity index (χ4v) is 2.22. The zero-order valence-electron chi connectivity index (χ0n) is 19.1. The second-order valence-electron chi connectivity index (χ2n) is 6.80. The summed E-state index contributed by atoms with van der Waals surface area (Å²) in [6.07, 6.45) is 7.03. The zero-order chi connectivity index (χ0) is 23.5. The first kappa shape index (κ1) is 27.8. The first-order valence-electron chi connectivity index (χ1n) is 10.00. The standard InChI is InChI=1S/C10H18O.2C8H8O2/c1-9(2)5-4-6-10(3)7-8-11;1-10-8-4-2-7(6-9)3-5-8;1-10-8(9)7-5-3-2-4-6-7/h5,7,11H,4,6,8H2,1-3H3;2*2-6H,1H3/b10-7-;;. The van der Waals surface area contributed by atoms with E-state index in [1.54, 1.807) is 55.6 Å². The van der Waals surface area contributed by atoms with Gasteiger partial charge in [0.25, 0.3) is 0 Å². The van der Waals surface area contributed by atoms with Crippen LogP contribution in [0.15, 0.2) is 77.9 Å². The quantitative estimate of drug-likeness (QED) is 0.352. The van der Waals surface area contributed by atoms with Crippen molar-refractivity contribution in [2.75, 3.05) is 20.8 Å². The predicted octanol–water partition coefficient (Wildman–Crippen LogP) is 5.65. The Labute approximate surface area is 186 Å². The summed E-state index contributed by atoms with van der Waals surface area (Å²) >= 11 is 0. The molecule has 0 spiro atoms. The van der Waals surface area contributed by atoms with Crippen molar-refractivity contribution in [3.05, 3.63) is 89.0 Å². The molecule has 0 aliphatic carbocycles. The van der Waals surface area contributed by atoms with Gasteiger partial charge in [0.2, 0.25) is 0 Å². The predicted molar refractivity (Wildman–Crippen MR) is 126 cm³/mol. The lowest BCUT2D eigenvalue weighted by atomic mass is 10.1. The molecule has 0 amide bonds. The first-order chi connectivity index (χ1) is 14.9. The molecule has 5 nitrogen and oxygen atoms in total. The zero-order valence-corrected chi connectivity index (χ0v) is 19.1. The summed E-state index contributed by atoms with van der Waals surface area (Å²) in [6, 6.07) is 15.8. The van der Waals surface area contributed by atoms with E-state index in [2.05, 4.69) is 31.6 Å². The number of methoxy groups -OCH3 is 2. The van der Waals surface area contributed by atoms with Gasteiger partial charge < -0.3 is 14.6 Å². The van der Waals surface area contributed by atoms with Gasteiger partial charge in [0, 0.05) is 5.56 Å². The van der Waals surface area contributed by atoms with Crippen molar-refractivity contribution in [1.82, 2.24) is 0 Å². The van der Waals surface area contributed by atoms with Crippen LogP contribution in [0.2, 0.25) is 0 Å². The third-order valence-corrected chi connectivity index (χ3v) is 3.98. The van der Waals surface area contributed by atoms with Crippen LogP contribution in [0.5, 0.6) is 5.75 Å². The van der Waals surface area contributed by atoms with E-state index in [1.807, 2.05) is 12.1 Å². The van der Waals surface area contributed by atoms with Crippen molar-refractivity contribution < 1.29 is 24.2 Å². The second kappa shape index (κ2) is 17.7. The number of benzene rings is 2. The van der Waals surface area contributed by atoms with Crippen LogP contribution in [0, 0.1) is 0 Å². The monoisotopic (exact) mass is 426 g/mol.